The first-order valence-corrected chi connectivity index (χ1v) is 7.87. The highest BCUT2D eigenvalue weighted by atomic mass is 16.1. The molecule has 0 atom stereocenters. The number of amides is 1. The molecule has 2 aromatic carbocycles. The van der Waals surface area contributed by atoms with Crippen LogP contribution >= 0.6 is 0 Å². The Bertz CT molecular complexity index is 605. The van der Waals surface area contributed by atoms with Gasteiger partial charge in [-0.25, -0.2) is 0 Å². The van der Waals surface area contributed by atoms with Crippen LogP contribution in [0.15, 0.2) is 48.5 Å². The Labute approximate surface area is 132 Å². The lowest BCUT2D eigenvalue weighted by Crippen LogP contribution is -2.10. The molecule has 0 saturated heterocycles. The van der Waals surface area contributed by atoms with Crippen LogP contribution in [0.3, 0.4) is 0 Å². The Kier molecular flexibility index (Phi) is 6.01. The first kappa shape index (κ1) is 16.1. The van der Waals surface area contributed by atoms with Gasteiger partial charge in [0, 0.05) is 24.3 Å². The van der Waals surface area contributed by atoms with Gasteiger partial charge in [-0.15, -0.1) is 0 Å². The van der Waals surface area contributed by atoms with Crippen LogP contribution in [0.25, 0.3) is 0 Å². The van der Waals surface area contributed by atoms with Gasteiger partial charge in [-0.3, -0.25) is 4.79 Å². The van der Waals surface area contributed by atoms with Gasteiger partial charge in [0.25, 0.3) is 0 Å². The molecule has 0 aliphatic heterocycles. The summed E-state index contributed by atoms with van der Waals surface area (Å²) >= 11 is 0. The molecular formula is C19H24N2O. The van der Waals surface area contributed by atoms with E-state index >= 15 is 0 Å². The van der Waals surface area contributed by atoms with E-state index in [1.54, 1.807) is 0 Å². The number of nitrogens with one attached hydrogen (secondary N) is 2. The van der Waals surface area contributed by atoms with Crippen LogP contribution < -0.4 is 10.6 Å². The van der Waals surface area contributed by atoms with Crippen molar-refractivity contribution in [3.8, 4) is 0 Å². The highest BCUT2D eigenvalue weighted by molar-refractivity contribution is 5.90. The summed E-state index contributed by atoms with van der Waals surface area (Å²) in [4.78, 5) is 11.7. The lowest BCUT2D eigenvalue weighted by atomic mass is 10.1. The van der Waals surface area contributed by atoms with Gasteiger partial charge in [-0.1, -0.05) is 37.6 Å². The number of hydrogen-bond acceptors (Lipinski definition) is 2. The molecule has 1 amide bonds. The van der Waals surface area contributed by atoms with E-state index in [0.29, 0.717) is 6.42 Å². The Morgan fingerprint density at radius 2 is 1.68 bits per heavy atom. The highest BCUT2D eigenvalue weighted by Crippen LogP contribution is 2.16. The van der Waals surface area contributed by atoms with Crippen molar-refractivity contribution in [2.45, 2.75) is 39.7 Å². The fourth-order valence-electron chi connectivity index (χ4n) is 2.24. The van der Waals surface area contributed by atoms with Gasteiger partial charge in [-0.2, -0.15) is 0 Å². The molecule has 2 aromatic rings. The van der Waals surface area contributed by atoms with Crippen molar-refractivity contribution >= 4 is 17.3 Å². The third kappa shape index (κ3) is 4.92. The molecule has 22 heavy (non-hydrogen) atoms. The van der Waals surface area contributed by atoms with Crippen molar-refractivity contribution in [2.75, 3.05) is 10.6 Å². The summed E-state index contributed by atoms with van der Waals surface area (Å²) in [5, 5.41) is 6.32. The van der Waals surface area contributed by atoms with Crippen LogP contribution in [0.4, 0.5) is 11.4 Å². The van der Waals surface area contributed by atoms with Gasteiger partial charge in [0.05, 0.1) is 0 Å². The molecule has 0 spiro atoms. The monoisotopic (exact) mass is 296 g/mol. The molecule has 0 radical (unpaired) electrons. The summed E-state index contributed by atoms with van der Waals surface area (Å²) in [5.74, 6) is 0.0856. The van der Waals surface area contributed by atoms with Crippen LogP contribution in [-0.4, -0.2) is 5.91 Å². The van der Waals surface area contributed by atoms with Gasteiger partial charge < -0.3 is 10.6 Å². The van der Waals surface area contributed by atoms with E-state index in [4.69, 9.17) is 0 Å². The average Bonchev–Trinajstić information content (AvgIpc) is 2.53. The maximum absolute atomic E-state index is 11.7. The van der Waals surface area contributed by atoms with Gasteiger partial charge in [0.1, 0.15) is 0 Å². The van der Waals surface area contributed by atoms with Gasteiger partial charge in [-0.05, 0) is 48.7 Å². The minimum Gasteiger partial charge on any atom is -0.381 e. The molecule has 0 unspecified atom stereocenters. The molecule has 0 fully saturated rings. The maximum atomic E-state index is 11.7. The molecule has 116 valence electrons. The summed E-state index contributed by atoms with van der Waals surface area (Å²) in [5.41, 5.74) is 4.48. The number of aryl methyl sites for hydroxylation is 1. The number of carbonyl (C=O) groups is 1. The molecule has 0 heterocycles. The second kappa shape index (κ2) is 8.23. The molecule has 0 aliphatic rings. The predicted molar refractivity (Wildman–Crippen MR) is 93.1 cm³/mol. The Balaban J connectivity index is 1.87. The van der Waals surface area contributed by atoms with Crippen molar-refractivity contribution in [3.63, 3.8) is 0 Å². The van der Waals surface area contributed by atoms with Crippen LogP contribution in [-0.2, 0) is 11.3 Å². The molecule has 2 rings (SSSR count). The van der Waals surface area contributed by atoms with Crippen molar-refractivity contribution in [3.05, 3.63) is 59.7 Å². The first-order valence-electron chi connectivity index (χ1n) is 7.87. The predicted octanol–water partition coefficient (Wildman–Crippen LogP) is 4.74. The van der Waals surface area contributed by atoms with Gasteiger partial charge >= 0.3 is 0 Å². The number of benzene rings is 2. The fraction of sp³-hybridized carbons (Fsp3) is 0.316. The van der Waals surface area contributed by atoms with Crippen LogP contribution in [0, 0.1) is 6.92 Å². The molecule has 2 N–H and O–H groups in total. The summed E-state index contributed by atoms with van der Waals surface area (Å²) in [6.45, 7) is 5.00. The normalized spacial score (nSPS) is 10.3. The second-order valence-corrected chi connectivity index (χ2v) is 5.51. The van der Waals surface area contributed by atoms with Crippen LogP contribution in [0.5, 0.6) is 0 Å². The summed E-state index contributed by atoms with van der Waals surface area (Å²) in [7, 11) is 0. The van der Waals surface area contributed by atoms with Crippen molar-refractivity contribution in [2.24, 2.45) is 0 Å². The topological polar surface area (TPSA) is 41.1 Å². The summed E-state index contributed by atoms with van der Waals surface area (Å²) < 4.78 is 0. The minimum atomic E-state index is 0.0856. The third-order valence-electron chi connectivity index (χ3n) is 3.67. The van der Waals surface area contributed by atoms with E-state index in [9.17, 15) is 4.79 Å². The molecule has 0 bridgehead atoms. The van der Waals surface area contributed by atoms with Gasteiger partial charge in [0.15, 0.2) is 0 Å². The van der Waals surface area contributed by atoms with Crippen molar-refractivity contribution in [1.82, 2.24) is 0 Å². The van der Waals surface area contributed by atoms with Crippen LogP contribution in [0.2, 0.25) is 0 Å². The molecular weight excluding hydrogens is 272 g/mol. The summed E-state index contributed by atoms with van der Waals surface area (Å²) in [6.07, 6.45) is 2.56. The number of rotatable bonds is 7. The zero-order valence-corrected chi connectivity index (χ0v) is 13.4. The smallest absolute Gasteiger partial charge is 0.224 e. The lowest BCUT2D eigenvalue weighted by Gasteiger charge is -2.10. The molecule has 0 aliphatic carbocycles. The van der Waals surface area contributed by atoms with Crippen molar-refractivity contribution < 1.29 is 4.79 Å². The van der Waals surface area contributed by atoms with E-state index in [1.165, 1.54) is 11.1 Å². The van der Waals surface area contributed by atoms with E-state index < -0.39 is 0 Å². The second-order valence-electron chi connectivity index (χ2n) is 5.51. The van der Waals surface area contributed by atoms with Crippen molar-refractivity contribution in [1.29, 1.82) is 0 Å². The SMILES string of the molecule is CCCCC(=O)Nc1ccc(NCc2ccccc2C)cc1. The summed E-state index contributed by atoms with van der Waals surface area (Å²) in [6, 6.07) is 16.2. The van der Waals surface area contributed by atoms with E-state index in [-0.39, 0.29) is 5.91 Å². The van der Waals surface area contributed by atoms with Gasteiger partial charge in [0.2, 0.25) is 5.91 Å². The van der Waals surface area contributed by atoms with E-state index in [1.807, 2.05) is 24.3 Å². The Morgan fingerprint density at radius 1 is 1.00 bits per heavy atom. The van der Waals surface area contributed by atoms with Crippen LogP contribution in [0.1, 0.15) is 37.3 Å². The number of unbranched alkanes of at least 4 members (excludes halogenated alkanes) is 1. The molecule has 0 aromatic heterocycles. The lowest BCUT2D eigenvalue weighted by molar-refractivity contribution is -0.116. The van der Waals surface area contributed by atoms with E-state index in [0.717, 1.165) is 30.8 Å². The first-order chi connectivity index (χ1) is 10.7. The molecule has 3 heteroatoms. The maximum Gasteiger partial charge on any atom is 0.224 e. The zero-order chi connectivity index (χ0) is 15.8. The largest absolute Gasteiger partial charge is 0.381 e. The standard InChI is InChI=1S/C19H24N2O/c1-3-4-9-19(22)21-18-12-10-17(11-13-18)20-14-16-8-6-5-7-15(16)2/h5-8,10-13,20H,3-4,9,14H2,1-2H3,(H,21,22). The quantitative estimate of drug-likeness (QED) is 0.775. The highest BCUT2D eigenvalue weighted by Gasteiger charge is 2.02. The molecule has 3 nitrogen and oxygen atoms in total. The zero-order valence-electron chi connectivity index (χ0n) is 13.4. The Morgan fingerprint density at radius 3 is 2.36 bits per heavy atom. The van der Waals surface area contributed by atoms with E-state index in [2.05, 4.69) is 48.7 Å². The average molecular weight is 296 g/mol. The molecule has 0 saturated carbocycles. The number of anilines is 2. The number of carbonyl (C=O) groups excluding carboxylic acids is 1. The third-order valence-corrected chi connectivity index (χ3v) is 3.67. The number of hydrogen-bond donors (Lipinski definition) is 2. The fourth-order valence-corrected chi connectivity index (χ4v) is 2.24. The minimum absolute atomic E-state index is 0.0856. The Hall–Kier alpha value is -2.29.